The first-order chi connectivity index (χ1) is 16.2. The lowest BCUT2D eigenvalue weighted by atomic mass is 9.87. The van der Waals surface area contributed by atoms with Gasteiger partial charge in [0, 0.05) is 43.1 Å². The molecule has 1 heterocycles. The molecule has 0 spiro atoms. The SMILES string of the molecule is CC(C)(C)c1ccc(C(=O)Nc2ccc(N3CCN(C(=O)c4ccccc4F)CC3)cc2)cc1. The second kappa shape index (κ2) is 9.67. The Labute approximate surface area is 200 Å². The number of nitrogens with one attached hydrogen (secondary N) is 1. The van der Waals surface area contributed by atoms with Gasteiger partial charge in [-0.1, -0.05) is 45.0 Å². The van der Waals surface area contributed by atoms with E-state index in [4.69, 9.17) is 0 Å². The van der Waals surface area contributed by atoms with Crippen LogP contribution in [0.15, 0.2) is 72.8 Å². The first kappa shape index (κ1) is 23.5. The van der Waals surface area contributed by atoms with E-state index in [1.165, 1.54) is 17.7 Å². The van der Waals surface area contributed by atoms with Crippen molar-refractivity contribution in [3.63, 3.8) is 0 Å². The molecule has 34 heavy (non-hydrogen) atoms. The van der Waals surface area contributed by atoms with Crippen LogP contribution >= 0.6 is 0 Å². The van der Waals surface area contributed by atoms with Gasteiger partial charge in [-0.2, -0.15) is 0 Å². The minimum Gasteiger partial charge on any atom is -0.368 e. The van der Waals surface area contributed by atoms with Crippen molar-refractivity contribution in [1.29, 1.82) is 0 Å². The number of rotatable bonds is 4. The third-order valence-electron chi connectivity index (χ3n) is 6.17. The number of anilines is 2. The molecular weight excluding hydrogens is 429 g/mol. The Bertz CT molecular complexity index is 1160. The highest BCUT2D eigenvalue weighted by atomic mass is 19.1. The third kappa shape index (κ3) is 5.28. The lowest BCUT2D eigenvalue weighted by Gasteiger charge is -2.36. The van der Waals surface area contributed by atoms with Crippen molar-refractivity contribution in [1.82, 2.24) is 4.90 Å². The quantitative estimate of drug-likeness (QED) is 0.573. The number of benzene rings is 3. The molecule has 1 fully saturated rings. The summed E-state index contributed by atoms with van der Waals surface area (Å²) in [5.41, 5.74) is 3.70. The highest BCUT2D eigenvalue weighted by Gasteiger charge is 2.24. The van der Waals surface area contributed by atoms with E-state index in [2.05, 4.69) is 31.0 Å². The molecule has 0 radical (unpaired) electrons. The van der Waals surface area contributed by atoms with Crippen LogP contribution in [0.2, 0.25) is 0 Å². The minimum atomic E-state index is -0.488. The van der Waals surface area contributed by atoms with E-state index < -0.39 is 5.82 Å². The highest BCUT2D eigenvalue weighted by Crippen LogP contribution is 2.24. The standard InChI is InChI=1S/C28H30FN3O2/c1-28(2,3)21-10-8-20(9-11-21)26(33)30-22-12-14-23(15-13-22)31-16-18-32(19-17-31)27(34)24-6-4-5-7-25(24)29/h4-15H,16-19H2,1-3H3,(H,30,33). The Hall–Kier alpha value is -3.67. The fraction of sp³-hybridized carbons (Fsp3) is 0.286. The van der Waals surface area contributed by atoms with Crippen molar-refractivity contribution in [2.75, 3.05) is 36.4 Å². The van der Waals surface area contributed by atoms with Gasteiger partial charge >= 0.3 is 0 Å². The summed E-state index contributed by atoms with van der Waals surface area (Å²) in [6.45, 7) is 8.80. The van der Waals surface area contributed by atoms with Gasteiger partial charge in [-0.15, -0.1) is 0 Å². The van der Waals surface area contributed by atoms with Crippen molar-refractivity contribution >= 4 is 23.2 Å². The summed E-state index contributed by atoms with van der Waals surface area (Å²) in [5.74, 6) is -0.905. The Morgan fingerprint density at radius 1 is 0.824 bits per heavy atom. The first-order valence-corrected chi connectivity index (χ1v) is 11.5. The van der Waals surface area contributed by atoms with Crippen molar-refractivity contribution in [3.8, 4) is 0 Å². The number of carbonyl (C=O) groups is 2. The fourth-order valence-corrected chi connectivity index (χ4v) is 4.05. The summed E-state index contributed by atoms with van der Waals surface area (Å²) < 4.78 is 14.0. The molecule has 0 bridgehead atoms. The topological polar surface area (TPSA) is 52.7 Å². The monoisotopic (exact) mass is 459 g/mol. The van der Waals surface area contributed by atoms with Crippen molar-refractivity contribution in [2.45, 2.75) is 26.2 Å². The van der Waals surface area contributed by atoms with Crippen LogP contribution in [0.25, 0.3) is 0 Å². The molecule has 1 saturated heterocycles. The average molecular weight is 460 g/mol. The second-order valence-corrected chi connectivity index (χ2v) is 9.59. The van der Waals surface area contributed by atoms with Crippen molar-refractivity contribution in [2.24, 2.45) is 0 Å². The molecule has 0 unspecified atom stereocenters. The molecule has 0 aromatic heterocycles. The number of piperazine rings is 1. The van der Waals surface area contributed by atoms with Gasteiger partial charge in [-0.05, 0) is 59.5 Å². The molecule has 1 aliphatic heterocycles. The van der Waals surface area contributed by atoms with Crippen LogP contribution < -0.4 is 10.2 Å². The van der Waals surface area contributed by atoms with Gasteiger partial charge in [0.25, 0.3) is 11.8 Å². The van der Waals surface area contributed by atoms with Crippen LogP contribution in [0.4, 0.5) is 15.8 Å². The van der Waals surface area contributed by atoms with Gasteiger partial charge in [-0.25, -0.2) is 4.39 Å². The van der Waals surface area contributed by atoms with Crippen molar-refractivity contribution in [3.05, 3.63) is 95.3 Å². The maximum Gasteiger partial charge on any atom is 0.256 e. The Balaban J connectivity index is 1.33. The number of hydrogen-bond donors (Lipinski definition) is 1. The Kier molecular flexibility index (Phi) is 6.68. The molecule has 1 aliphatic rings. The molecule has 5 nitrogen and oxygen atoms in total. The average Bonchev–Trinajstić information content (AvgIpc) is 2.84. The molecule has 1 N–H and O–H groups in total. The number of carbonyl (C=O) groups excluding carboxylic acids is 2. The van der Waals surface area contributed by atoms with Gasteiger partial charge in [0.1, 0.15) is 5.82 Å². The number of hydrogen-bond acceptors (Lipinski definition) is 3. The summed E-state index contributed by atoms with van der Waals surface area (Å²) in [6, 6.07) is 21.5. The second-order valence-electron chi connectivity index (χ2n) is 9.59. The highest BCUT2D eigenvalue weighted by molar-refractivity contribution is 6.04. The molecule has 0 saturated carbocycles. The van der Waals surface area contributed by atoms with E-state index in [0.29, 0.717) is 31.7 Å². The predicted octanol–water partition coefficient (Wildman–Crippen LogP) is 5.34. The lowest BCUT2D eigenvalue weighted by Crippen LogP contribution is -2.49. The molecule has 4 rings (SSSR count). The lowest BCUT2D eigenvalue weighted by molar-refractivity contribution is 0.0742. The van der Waals surface area contributed by atoms with Crippen molar-refractivity contribution < 1.29 is 14.0 Å². The van der Waals surface area contributed by atoms with Crippen LogP contribution in [0.1, 0.15) is 47.1 Å². The normalized spacial score (nSPS) is 14.1. The maximum absolute atomic E-state index is 14.0. The molecule has 0 atom stereocenters. The van der Waals surface area contributed by atoms with Gasteiger partial charge in [-0.3, -0.25) is 9.59 Å². The number of nitrogens with zero attached hydrogens (tertiary/aromatic N) is 2. The number of amides is 2. The molecule has 0 aliphatic carbocycles. The van der Waals surface area contributed by atoms with E-state index in [1.54, 1.807) is 17.0 Å². The molecule has 6 heteroatoms. The van der Waals surface area contributed by atoms with Gasteiger partial charge < -0.3 is 15.1 Å². The van der Waals surface area contributed by atoms with Crippen LogP contribution in [0, 0.1) is 5.82 Å². The zero-order valence-electron chi connectivity index (χ0n) is 19.8. The Morgan fingerprint density at radius 3 is 2.03 bits per heavy atom. The maximum atomic E-state index is 14.0. The summed E-state index contributed by atoms with van der Waals surface area (Å²) in [6.07, 6.45) is 0. The molecule has 2 amide bonds. The third-order valence-corrected chi connectivity index (χ3v) is 6.17. The summed E-state index contributed by atoms with van der Waals surface area (Å²) >= 11 is 0. The summed E-state index contributed by atoms with van der Waals surface area (Å²) in [7, 11) is 0. The minimum absolute atomic E-state index is 0.0430. The predicted molar refractivity (Wildman–Crippen MR) is 134 cm³/mol. The van der Waals surface area contributed by atoms with Crippen LogP contribution in [0.5, 0.6) is 0 Å². The van der Waals surface area contributed by atoms with Gasteiger partial charge in [0.05, 0.1) is 5.56 Å². The summed E-state index contributed by atoms with van der Waals surface area (Å²) in [4.78, 5) is 29.1. The first-order valence-electron chi connectivity index (χ1n) is 11.5. The van der Waals surface area contributed by atoms with E-state index >= 15 is 0 Å². The van der Waals surface area contributed by atoms with Crippen LogP contribution in [-0.4, -0.2) is 42.9 Å². The largest absolute Gasteiger partial charge is 0.368 e. The smallest absolute Gasteiger partial charge is 0.256 e. The van der Waals surface area contributed by atoms with Gasteiger partial charge in [0.2, 0.25) is 0 Å². The zero-order chi connectivity index (χ0) is 24.3. The Morgan fingerprint density at radius 2 is 1.44 bits per heavy atom. The van der Waals surface area contributed by atoms with Crippen LogP contribution in [0.3, 0.4) is 0 Å². The van der Waals surface area contributed by atoms with E-state index in [1.807, 2.05) is 48.5 Å². The number of halogens is 1. The fourth-order valence-electron chi connectivity index (χ4n) is 4.05. The van der Waals surface area contributed by atoms with Crippen LogP contribution in [-0.2, 0) is 5.41 Å². The molecule has 3 aromatic rings. The molecular formula is C28H30FN3O2. The van der Waals surface area contributed by atoms with E-state index in [9.17, 15) is 14.0 Å². The molecule has 3 aromatic carbocycles. The van der Waals surface area contributed by atoms with E-state index in [0.717, 1.165) is 11.4 Å². The van der Waals surface area contributed by atoms with E-state index in [-0.39, 0.29) is 22.8 Å². The zero-order valence-corrected chi connectivity index (χ0v) is 19.8. The summed E-state index contributed by atoms with van der Waals surface area (Å²) in [5, 5.41) is 2.95. The van der Waals surface area contributed by atoms with Gasteiger partial charge in [0.15, 0.2) is 0 Å². The molecule has 176 valence electrons.